The second kappa shape index (κ2) is 11.9. The van der Waals surface area contributed by atoms with Crippen molar-refractivity contribution in [3.8, 4) is 0 Å². The maximum atomic E-state index is 12.2. The normalized spacial score (nSPS) is 32.4. The second-order valence-corrected chi connectivity index (χ2v) is 9.80. The molecule has 1 heterocycles. The van der Waals surface area contributed by atoms with Crippen LogP contribution in [0.2, 0.25) is 0 Å². The summed E-state index contributed by atoms with van der Waals surface area (Å²) in [5.74, 6) is -2.47. The van der Waals surface area contributed by atoms with Gasteiger partial charge >= 0.3 is 11.9 Å². The van der Waals surface area contributed by atoms with E-state index in [0.717, 1.165) is 11.6 Å². The van der Waals surface area contributed by atoms with Crippen molar-refractivity contribution in [2.24, 2.45) is 5.41 Å². The summed E-state index contributed by atoms with van der Waals surface area (Å²) in [6, 6.07) is 0. The molecule has 1 unspecified atom stereocenters. The molecule has 5 N–H and O–H groups in total. The van der Waals surface area contributed by atoms with Crippen molar-refractivity contribution in [1.29, 1.82) is 0 Å². The molecule has 1 aliphatic heterocycles. The Morgan fingerprint density at radius 1 is 1.03 bits per heavy atom. The van der Waals surface area contributed by atoms with Crippen LogP contribution in [-0.4, -0.2) is 74.3 Å². The Balaban J connectivity index is 1.99. The number of carbonyl (C=O) groups is 2. The van der Waals surface area contributed by atoms with Gasteiger partial charge in [-0.25, -0.2) is 9.59 Å². The zero-order chi connectivity index (χ0) is 26.5. The monoisotopic (exact) mass is 492 g/mol. The molecule has 35 heavy (non-hydrogen) atoms. The Hall–Kier alpha value is -2.56. The first kappa shape index (κ1) is 28.7. The molecule has 194 valence electrons. The van der Waals surface area contributed by atoms with E-state index in [1.165, 1.54) is 11.1 Å². The number of carbonyl (C=O) groups excluding carboxylic acids is 1. The molecule has 1 fully saturated rings. The highest BCUT2D eigenvalue weighted by Crippen LogP contribution is 2.41. The third kappa shape index (κ3) is 7.71. The van der Waals surface area contributed by atoms with Gasteiger partial charge in [-0.15, -0.1) is 0 Å². The topological polar surface area (TPSA) is 154 Å². The summed E-state index contributed by atoms with van der Waals surface area (Å²) in [7, 11) is 0. The van der Waals surface area contributed by atoms with Crippen LogP contribution in [-0.2, 0) is 19.1 Å². The van der Waals surface area contributed by atoms with Crippen LogP contribution in [0.3, 0.4) is 0 Å². The van der Waals surface area contributed by atoms with Gasteiger partial charge < -0.3 is 35.0 Å². The quantitative estimate of drug-likeness (QED) is 0.204. The standard InChI is InChI=1S/C26H36O9/c1-14(9-10-18-16(3)12-17(27)13-26(18,4)5)7-6-8-15(2)11-19(28)34-25-22(31)20(29)21(30)23(35-25)24(32)33/h6-11,17,20-23,25,27,29-31H,12-13H2,1-5H3,(H,32,33)/b8-6+,10-9+,14-7+,15-11+/t17?,20-,21-,22+,23-,25+/m0/s1. The van der Waals surface area contributed by atoms with E-state index < -0.39 is 42.6 Å². The van der Waals surface area contributed by atoms with Gasteiger partial charge in [0.05, 0.1) is 6.10 Å². The Bertz CT molecular complexity index is 954. The summed E-state index contributed by atoms with van der Waals surface area (Å²) in [5, 5.41) is 48.5. The number of hydrogen-bond acceptors (Lipinski definition) is 8. The molecule has 2 aliphatic rings. The van der Waals surface area contributed by atoms with Crippen molar-refractivity contribution >= 4 is 11.9 Å². The fourth-order valence-corrected chi connectivity index (χ4v) is 4.33. The van der Waals surface area contributed by atoms with Crippen molar-refractivity contribution in [2.75, 3.05) is 0 Å². The maximum Gasteiger partial charge on any atom is 0.335 e. The van der Waals surface area contributed by atoms with Gasteiger partial charge in [0, 0.05) is 6.08 Å². The van der Waals surface area contributed by atoms with E-state index in [1.807, 2.05) is 26.0 Å². The summed E-state index contributed by atoms with van der Waals surface area (Å²) in [6.07, 6.45) is 2.45. The number of aliphatic carboxylic acids is 1. The zero-order valence-electron chi connectivity index (χ0n) is 20.7. The fourth-order valence-electron chi connectivity index (χ4n) is 4.33. The van der Waals surface area contributed by atoms with E-state index in [9.17, 15) is 30.0 Å². The third-order valence-electron chi connectivity index (χ3n) is 6.10. The van der Waals surface area contributed by atoms with Gasteiger partial charge in [0.15, 0.2) is 6.10 Å². The Morgan fingerprint density at radius 2 is 1.69 bits per heavy atom. The summed E-state index contributed by atoms with van der Waals surface area (Å²) >= 11 is 0. The third-order valence-corrected chi connectivity index (χ3v) is 6.10. The van der Waals surface area contributed by atoms with Gasteiger partial charge in [0.1, 0.15) is 18.3 Å². The van der Waals surface area contributed by atoms with Crippen LogP contribution in [0, 0.1) is 5.41 Å². The summed E-state index contributed by atoms with van der Waals surface area (Å²) in [4.78, 5) is 23.3. The molecule has 0 spiro atoms. The number of hydrogen-bond donors (Lipinski definition) is 5. The van der Waals surface area contributed by atoms with Crippen LogP contribution in [0.5, 0.6) is 0 Å². The lowest BCUT2D eigenvalue weighted by atomic mass is 9.71. The van der Waals surface area contributed by atoms with Gasteiger partial charge in [-0.1, -0.05) is 55.4 Å². The predicted octanol–water partition coefficient (Wildman–Crippen LogP) is 1.92. The SMILES string of the molecule is CC1=C(/C=C/C(C)=C/C=C/C(C)=C/C(=O)O[C@@H]2O[C@H](C(=O)O)[C@@H](O)[C@H](O)[C@H]2O)C(C)(C)CC(O)C1. The number of ether oxygens (including phenoxy) is 2. The highest BCUT2D eigenvalue weighted by molar-refractivity contribution is 5.83. The summed E-state index contributed by atoms with van der Waals surface area (Å²) < 4.78 is 9.87. The summed E-state index contributed by atoms with van der Waals surface area (Å²) in [5.41, 5.74) is 3.78. The van der Waals surface area contributed by atoms with Gasteiger partial charge in [-0.3, -0.25) is 0 Å². The smallest absolute Gasteiger partial charge is 0.335 e. The van der Waals surface area contributed by atoms with Crippen molar-refractivity contribution in [3.05, 3.63) is 58.7 Å². The van der Waals surface area contributed by atoms with Crippen LogP contribution < -0.4 is 0 Å². The fraction of sp³-hybridized carbons (Fsp3) is 0.538. The Morgan fingerprint density at radius 3 is 2.29 bits per heavy atom. The van der Waals surface area contributed by atoms with Crippen LogP contribution >= 0.6 is 0 Å². The Labute approximate surface area is 205 Å². The molecule has 0 radical (unpaired) electrons. The molecule has 9 nitrogen and oxygen atoms in total. The lowest BCUT2D eigenvalue weighted by Gasteiger charge is -2.37. The molecule has 0 aromatic carbocycles. The van der Waals surface area contributed by atoms with Crippen LogP contribution in [0.25, 0.3) is 0 Å². The van der Waals surface area contributed by atoms with Crippen molar-refractivity contribution in [1.82, 2.24) is 0 Å². The molecular formula is C26H36O9. The van der Waals surface area contributed by atoms with Crippen molar-refractivity contribution in [2.45, 2.75) is 84.3 Å². The molecule has 6 atom stereocenters. The predicted molar refractivity (Wildman–Crippen MR) is 128 cm³/mol. The molecule has 0 bridgehead atoms. The molecular weight excluding hydrogens is 456 g/mol. The number of esters is 1. The molecule has 0 saturated carbocycles. The van der Waals surface area contributed by atoms with Crippen molar-refractivity contribution in [3.63, 3.8) is 0 Å². The first-order valence-electron chi connectivity index (χ1n) is 11.5. The molecule has 0 aromatic rings. The Kier molecular flexibility index (Phi) is 9.76. The first-order valence-corrected chi connectivity index (χ1v) is 11.5. The lowest BCUT2D eigenvalue weighted by molar-refractivity contribution is -0.284. The minimum Gasteiger partial charge on any atom is -0.479 e. The van der Waals surface area contributed by atoms with E-state index in [-0.39, 0.29) is 11.5 Å². The van der Waals surface area contributed by atoms with Gasteiger partial charge in [0.25, 0.3) is 0 Å². The average Bonchev–Trinajstić information content (AvgIpc) is 2.72. The molecule has 9 heteroatoms. The van der Waals surface area contributed by atoms with E-state index in [4.69, 9.17) is 14.6 Å². The molecule has 1 saturated heterocycles. The van der Waals surface area contributed by atoms with Gasteiger partial charge in [0.2, 0.25) is 6.29 Å². The average molecular weight is 493 g/mol. The highest BCUT2D eigenvalue weighted by Gasteiger charge is 2.48. The number of carboxylic acids is 1. The number of aliphatic hydroxyl groups is 4. The molecule has 0 aromatic heterocycles. The number of rotatable bonds is 7. The van der Waals surface area contributed by atoms with Gasteiger partial charge in [-0.05, 0) is 50.2 Å². The lowest BCUT2D eigenvalue weighted by Crippen LogP contribution is -2.60. The molecule has 1 aliphatic carbocycles. The largest absolute Gasteiger partial charge is 0.479 e. The first-order chi connectivity index (χ1) is 16.2. The van der Waals surface area contributed by atoms with E-state index in [0.29, 0.717) is 18.4 Å². The highest BCUT2D eigenvalue weighted by atomic mass is 16.7. The summed E-state index contributed by atoms with van der Waals surface area (Å²) in [6.45, 7) is 9.87. The number of aliphatic hydroxyl groups excluding tert-OH is 4. The minimum absolute atomic E-state index is 0.109. The van der Waals surface area contributed by atoms with Crippen LogP contribution in [0.15, 0.2) is 58.7 Å². The van der Waals surface area contributed by atoms with Crippen molar-refractivity contribution < 1.29 is 44.6 Å². The minimum atomic E-state index is -1.86. The van der Waals surface area contributed by atoms with E-state index in [1.54, 1.807) is 19.1 Å². The number of carboxylic acid groups (broad SMARTS) is 1. The van der Waals surface area contributed by atoms with Crippen LogP contribution in [0.4, 0.5) is 0 Å². The van der Waals surface area contributed by atoms with Crippen LogP contribution in [0.1, 0.15) is 47.5 Å². The number of allylic oxidation sites excluding steroid dienone is 8. The maximum absolute atomic E-state index is 12.2. The second-order valence-electron chi connectivity index (χ2n) is 9.80. The van der Waals surface area contributed by atoms with E-state index >= 15 is 0 Å². The van der Waals surface area contributed by atoms with E-state index in [2.05, 4.69) is 19.9 Å². The molecule has 2 rings (SSSR count). The molecule has 0 amide bonds. The zero-order valence-corrected chi connectivity index (χ0v) is 20.7. The van der Waals surface area contributed by atoms with Gasteiger partial charge in [-0.2, -0.15) is 0 Å².